The summed E-state index contributed by atoms with van der Waals surface area (Å²) >= 11 is 0. The molecule has 0 heterocycles. The highest BCUT2D eigenvalue weighted by atomic mass is 16.3. The molecule has 0 aliphatic rings. The molecule has 0 aliphatic heterocycles. The zero-order chi connectivity index (χ0) is 9.84. The molecule has 0 saturated heterocycles. The molecule has 1 aromatic carbocycles. The fraction of sp³-hybridized carbons (Fsp3) is 0.400. The van der Waals surface area contributed by atoms with Crippen molar-refractivity contribution in [2.24, 2.45) is 0 Å². The average Bonchev–Trinajstić information content (AvgIpc) is 2.13. The number of hydrogen-bond donors (Lipinski definition) is 3. The van der Waals surface area contributed by atoms with Crippen molar-refractivity contribution < 1.29 is 5.11 Å². The summed E-state index contributed by atoms with van der Waals surface area (Å²) in [4.78, 5) is 0. The Morgan fingerprint density at radius 2 is 2.23 bits per heavy atom. The van der Waals surface area contributed by atoms with Gasteiger partial charge in [0.15, 0.2) is 5.75 Å². The number of nitrogens with one attached hydrogen (secondary N) is 1. The molecule has 1 atom stereocenters. The number of nitrogens with two attached hydrogens (primary N) is 1. The molecule has 1 rings (SSSR count). The van der Waals surface area contributed by atoms with Crippen molar-refractivity contribution in [1.29, 1.82) is 0 Å². The van der Waals surface area contributed by atoms with Crippen LogP contribution in [-0.4, -0.2) is 11.1 Å². The van der Waals surface area contributed by atoms with Crippen LogP contribution in [0.1, 0.15) is 20.3 Å². The summed E-state index contributed by atoms with van der Waals surface area (Å²) in [5, 5.41) is 12.7. The Kier molecular flexibility index (Phi) is 3.01. The van der Waals surface area contributed by atoms with Crippen LogP contribution >= 0.6 is 0 Å². The Hall–Kier alpha value is -1.38. The SMILES string of the molecule is CCC(C)Nc1cccc(N)c1O. The van der Waals surface area contributed by atoms with Gasteiger partial charge >= 0.3 is 0 Å². The third kappa shape index (κ3) is 2.28. The van der Waals surface area contributed by atoms with Crippen molar-refractivity contribution in [2.45, 2.75) is 26.3 Å². The van der Waals surface area contributed by atoms with E-state index in [0.717, 1.165) is 6.42 Å². The third-order valence-electron chi connectivity index (χ3n) is 2.08. The molecule has 0 aliphatic carbocycles. The Labute approximate surface area is 78.6 Å². The summed E-state index contributed by atoms with van der Waals surface area (Å²) in [6.07, 6.45) is 1.01. The normalized spacial score (nSPS) is 12.5. The first-order valence-electron chi connectivity index (χ1n) is 4.49. The maximum atomic E-state index is 9.55. The molecule has 0 spiro atoms. The largest absolute Gasteiger partial charge is 0.504 e. The van der Waals surface area contributed by atoms with Gasteiger partial charge in [-0.05, 0) is 25.5 Å². The lowest BCUT2D eigenvalue weighted by Gasteiger charge is -2.14. The summed E-state index contributed by atoms with van der Waals surface area (Å²) in [6.45, 7) is 4.14. The van der Waals surface area contributed by atoms with Crippen LogP contribution < -0.4 is 11.1 Å². The van der Waals surface area contributed by atoms with E-state index in [1.807, 2.05) is 12.1 Å². The summed E-state index contributed by atoms with van der Waals surface area (Å²) in [7, 11) is 0. The lowest BCUT2D eigenvalue weighted by molar-refractivity contribution is 0.479. The minimum atomic E-state index is 0.141. The number of benzene rings is 1. The maximum absolute atomic E-state index is 9.55. The second-order valence-electron chi connectivity index (χ2n) is 3.20. The Morgan fingerprint density at radius 1 is 1.54 bits per heavy atom. The monoisotopic (exact) mass is 180 g/mol. The van der Waals surface area contributed by atoms with E-state index in [9.17, 15) is 5.11 Å². The van der Waals surface area contributed by atoms with Crippen molar-refractivity contribution >= 4 is 11.4 Å². The molecule has 0 aromatic heterocycles. The van der Waals surface area contributed by atoms with Crippen molar-refractivity contribution in [3.05, 3.63) is 18.2 Å². The molecule has 13 heavy (non-hydrogen) atoms. The van der Waals surface area contributed by atoms with Crippen LogP contribution in [0.3, 0.4) is 0 Å². The van der Waals surface area contributed by atoms with Crippen molar-refractivity contribution in [3.63, 3.8) is 0 Å². The number of hydrogen-bond acceptors (Lipinski definition) is 3. The van der Waals surface area contributed by atoms with Gasteiger partial charge in [-0.1, -0.05) is 13.0 Å². The van der Waals surface area contributed by atoms with Gasteiger partial charge in [0.05, 0.1) is 11.4 Å². The minimum absolute atomic E-state index is 0.141. The van der Waals surface area contributed by atoms with Crippen LogP contribution in [-0.2, 0) is 0 Å². The number of phenolic OH excluding ortho intramolecular Hbond substituents is 1. The third-order valence-corrected chi connectivity index (χ3v) is 2.08. The van der Waals surface area contributed by atoms with Crippen LogP contribution in [0, 0.1) is 0 Å². The average molecular weight is 180 g/mol. The molecular weight excluding hydrogens is 164 g/mol. The van der Waals surface area contributed by atoms with E-state index in [0.29, 0.717) is 17.4 Å². The molecule has 0 amide bonds. The molecule has 0 bridgehead atoms. The van der Waals surface area contributed by atoms with Gasteiger partial charge < -0.3 is 16.2 Å². The summed E-state index contributed by atoms with van der Waals surface area (Å²) in [6, 6.07) is 5.65. The van der Waals surface area contributed by atoms with Crippen LogP contribution in [0.4, 0.5) is 11.4 Å². The lowest BCUT2D eigenvalue weighted by Crippen LogP contribution is -2.13. The number of nitrogen functional groups attached to an aromatic ring is 1. The van der Waals surface area contributed by atoms with E-state index in [2.05, 4.69) is 19.2 Å². The van der Waals surface area contributed by atoms with E-state index in [1.165, 1.54) is 0 Å². The van der Waals surface area contributed by atoms with E-state index in [1.54, 1.807) is 6.07 Å². The van der Waals surface area contributed by atoms with Crippen LogP contribution in [0.15, 0.2) is 18.2 Å². The van der Waals surface area contributed by atoms with E-state index in [4.69, 9.17) is 5.73 Å². The molecule has 1 unspecified atom stereocenters. The topological polar surface area (TPSA) is 58.3 Å². The van der Waals surface area contributed by atoms with Gasteiger partial charge in [0.1, 0.15) is 0 Å². The quantitative estimate of drug-likeness (QED) is 0.493. The van der Waals surface area contributed by atoms with E-state index >= 15 is 0 Å². The molecule has 3 heteroatoms. The van der Waals surface area contributed by atoms with E-state index in [-0.39, 0.29) is 5.75 Å². The van der Waals surface area contributed by atoms with Gasteiger partial charge in [-0.3, -0.25) is 0 Å². The van der Waals surface area contributed by atoms with Gasteiger partial charge in [0.25, 0.3) is 0 Å². The van der Waals surface area contributed by atoms with Crippen molar-refractivity contribution in [3.8, 4) is 5.75 Å². The second-order valence-corrected chi connectivity index (χ2v) is 3.20. The highest BCUT2D eigenvalue weighted by Gasteiger charge is 2.05. The Balaban J connectivity index is 2.83. The zero-order valence-electron chi connectivity index (χ0n) is 8.04. The molecule has 0 radical (unpaired) electrons. The summed E-state index contributed by atoms with van der Waals surface area (Å²) in [5.41, 5.74) is 6.66. The number of para-hydroxylation sites is 1. The van der Waals surface area contributed by atoms with Crippen LogP contribution in [0.25, 0.3) is 0 Å². The standard InChI is InChI=1S/C10H16N2O/c1-3-7(2)12-9-6-4-5-8(11)10(9)13/h4-7,12-13H,3,11H2,1-2H3. The highest BCUT2D eigenvalue weighted by molar-refractivity contribution is 5.68. The number of anilines is 2. The fourth-order valence-corrected chi connectivity index (χ4v) is 1.05. The van der Waals surface area contributed by atoms with Crippen molar-refractivity contribution in [2.75, 3.05) is 11.1 Å². The summed E-state index contributed by atoms with van der Waals surface area (Å²) in [5.74, 6) is 0.141. The van der Waals surface area contributed by atoms with Crippen LogP contribution in [0.5, 0.6) is 5.75 Å². The van der Waals surface area contributed by atoms with Gasteiger partial charge in [0, 0.05) is 6.04 Å². The first-order valence-corrected chi connectivity index (χ1v) is 4.49. The molecular formula is C10H16N2O. The number of phenols is 1. The summed E-state index contributed by atoms with van der Waals surface area (Å²) < 4.78 is 0. The van der Waals surface area contributed by atoms with Crippen molar-refractivity contribution in [1.82, 2.24) is 0 Å². The first kappa shape index (κ1) is 9.71. The highest BCUT2D eigenvalue weighted by Crippen LogP contribution is 2.29. The molecule has 0 fully saturated rings. The lowest BCUT2D eigenvalue weighted by atomic mass is 10.2. The zero-order valence-corrected chi connectivity index (χ0v) is 8.04. The predicted molar refractivity (Wildman–Crippen MR) is 55.9 cm³/mol. The van der Waals surface area contributed by atoms with E-state index < -0.39 is 0 Å². The van der Waals surface area contributed by atoms with Gasteiger partial charge in [0.2, 0.25) is 0 Å². The maximum Gasteiger partial charge on any atom is 0.161 e. The van der Waals surface area contributed by atoms with Crippen LogP contribution in [0.2, 0.25) is 0 Å². The molecule has 72 valence electrons. The van der Waals surface area contributed by atoms with Gasteiger partial charge in [-0.15, -0.1) is 0 Å². The van der Waals surface area contributed by atoms with Gasteiger partial charge in [-0.2, -0.15) is 0 Å². The smallest absolute Gasteiger partial charge is 0.161 e. The Bertz CT molecular complexity index is 286. The number of rotatable bonds is 3. The molecule has 4 N–H and O–H groups in total. The first-order chi connectivity index (χ1) is 6.15. The van der Waals surface area contributed by atoms with Gasteiger partial charge in [-0.25, -0.2) is 0 Å². The second kappa shape index (κ2) is 4.03. The number of aromatic hydroxyl groups is 1. The minimum Gasteiger partial charge on any atom is -0.504 e. The Morgan fingerprint density at radius 3 is 2.85 bits per heavy atom. The molecule has 0 saturated carbocycles. The molecule has 3 nitrogen and oxygen atoms in total. The molecule has 1 aromatic rings. The predicted octanol–water partition coefficient (Wildman–Crippen LogP) is 2.18. The fourth-order valence-electron chi connectivity index (χ4n) is 1.05.